The van der Waals surface area contributed by atoms with Gasteiger partial charge in [0.25, 0.3) is 0 Å². The summed E-state index contributed by atoms with van der Waals surface area (Å²) in [5.74, 6) is 0.592. The third-order valence-electron chi connectivity index (χ3n) is 8.05. The minimum absolute atomic E-state index is 0.0399. The number of esters is 2. The fourth-order valence-electron chi connectivity index (χ4n) is 6.09. The Morgan fingerprint density at radius 2 is 1.41 bits per heavy atom. The van der Waals surface area contributed by atoms with Crippen LogP contribution in [0.3, 0.4) is 0 Å². The molecule has 2 aliphatic carbocycles. The smallest absolute Gasteiger partial charge is 0.324 e. The van der Waals surface area contributed by atoms with Gasteiger partial charge in [-0.3, -0.25) is 9.59 Å². The number of rotatable bonds is 6. The number of benzene rings is 3. The van der Waals surface area contributed by atoms with Crippen molar-refractivity contribution in [1.29, 1.82) is 0 Å². The first-order chi connectivity index (χ1) is 20.0. The number of furan rings is 1. The average molecular weight is 547 g/mol. The van der Waals surface area contributed by atoms with E-state index < -0.39 is 17.4 Å². The third-order valence-corrected chi connectivity index (χ3v) is 8.05. The van der Waals surface area contributed by atoms with Crippen LogP contribution in [0.15, 0.2) is 101 Å². The molecule has 41 heavy (non-hydrogen) atoms. The van der Waals surface area contributed by atoms with E-state index in [9.17, 15) is 9.59 Å². The molecule has 0 amide bonds. The number of hydrogen-bond donors (Lipinski definition) is 0. The maximum atomic E-state index is 13.3. The summed E-state index contributed by atoms with van der Waals surface area (Å²) in [5.41, 5.74) is 5.16. The maximum absolute atomic E-state index is 13.3. The quantitative estimate of drug-likeness (QED) is 0.195. The van der Waals surface area contributed by atoms with Gasteiger partial charge in [0.15, 0.2) is 5.41 Å². The average Bonchev–Trinajstić information content (AvgIpc) is 3.32. The first kappa shape index (κ1) is 26.4. The van der Waals surface area contributed by atoms with Crippen molar-refractivity contribution in [3.8, 4) is 17.1 Å². The zero-order valence-electron chi connectivity index (χ0n) is 23.2. The number of ether oxygens (including phenoxy) is 3. The Bertz CT molecular complexity index is 1640. The van der Waals surface area contributed by atoms with Gasteiger partial charge in [0.2, 0.25) is 0 Å². The molecule has 0 spiro atoms. The van der Waals surface area contributed by atoms with Crippen molar-refractivity contribution in [2.75, 3.05) is 21.3 Å². The number of methoxy groups -OCH3 is 3. The van der Waals surface area contributed by atoms with Crippen LogP contribution in [0.2, 0.25) is 0 Å². The van der Waals surface area contributed by atoms with Crippen molar-refractivity contribution in [2.45, 2.75) is 18.8 Å². The highest BCUT2D eigenvalue weighted by Crippen LogP contribution is 2.53. The number of allylic oxidation sites excluding steroid dienone is 4. The highest BCUT2D eigenvalue weighted by Gasteiger charge is 2.54. The van der Waals surface area contributed by atoms with E-state index in [0.717, 1.165) is 44.7 Å². The number of carbonyl (C=O) groups excluding carboxylic acids is 2. The van der Waals surface area contributed by atoms with Crippen molar-refractivity contribution in [3.05, 3.63) is 125 Å². The molecule has 1 unspecified atom stereocenters. The molecule has 1 heterocycles. The van der Waals surface area contributed by atoms with Gasteiger partial charge in [0, 0.05) is 35.4 Å². The maximum Gasteiger partial charge on any atom is 0.324 e. The normalized spacial score (nSPS) is 16.9. The second-order valence-electron chi connectivity index (χ2n) is 10.3. The van der Waals surface area contributed by atoms with Gasteiger partial charge >= 0.3 is 11.9 Å². The fraction of sp³-hybridized carbons (Fsp3) is 0.200. The van der Waals surface area contributed by atoms with Crippen LogP contribution >= 0.6 is 0 Å². The Hall–Kier alpha value is -4.84. The molecule has 6 heteroatoms. The van der Waals surface area contributed by atoms with E-state index in [2.05, 4.69) is 24.3 Å². The minimum Gasteiger partial charge on any atom is -0.497 e. The highest BCUT2D eigenvalue weighted by atomic mass is 16.5. The molecule has 0 saturated heterocycles. The molecule has 6 rings (SSSR count). The molecule has 1 atom stereocenters. The fourth-order valence-corrected chi connectivity index (χ4v) is 6.09. The van der Waals surface area contributed by atoms with Crippen LogP contribution in [0.25, 0.3) is 22.5 Å². The Morgan fingerprint density at radius 1 is 0.780 bits per heavy atom. The lowest BCUT2D eigenvalue weighted by atomic mass is 9.70. The standard InChI is InChI=1S/C35H30O6/c1-38-27-16-14-22(15-17-27)25-18-26-20-35(33(36)39-2,34(37)40-3)21-29-30(26)31(28(19-25)23-10-6-4-7-11-23)32(41-29)24-12-8-5-9-13-24/h4-19,28H,20-21H2,1-3H3. The Kier molecular flexibility index (Phi) is 6.83. The van der Waals surface area contributed by atoms with Crippen LogP contribution in [-0.4, -0.2) is 33.3 Å². The van der Waals surface area contributed by atoms with E-state index in [1.165, 1.54) is 14.2 Å². The van der Waals surface area contributed by atoms with E-state index in [4.69, 9.17) is 18.6 Å². The largest absolute Gasteiger partial charge is 0.497 e. The molecule has 0 N–H and O–H groups in total. The van der Waals surface area contributed by atoms with Crippen LogP contribution in [0.1, 0.15) is 40.4 Å². The zero-order chi connectivity index (χ0) is 28.6. The summed E-state index contributed by atoms with van der Waals surface area (Å²) in [4.78, 5) is 26.6. The number of hydrogen-bond acceptors (Lipinski definition) is 6. The molecule has 6 nitrogen and oxygen atoms in total. The van der Waals surface area contributed by atoms with Gasteiger partial charge in [0.05, 0.1) is 21.3 Å². The van der Waals surface area contributed by atoms with Crippen molar-refractivity contribution in [3.63, 3.8) is 0 Å². The van der Waals surface area contributed by atoms with Crippen LogP contribution in [0.4, 0.5) is 0 Å². The lowest BCUT2D eigenvalue weighted by Crippen LogP contribution is -2.45. The van der Waals surface area contributed by atoms with Gasteiger partial charge in [-0.15, -0.1) is 0 Å². The van der Waals surface area contributed by atoms with E-state index in [1.807, 2.05) is 72.8 Å². The molecule has 1 aromatic heterocycles. The first-order valence-electron chi connectivity index (χ1n) is 13.5. The molecule has 0 bridgehead atoms. The molecular weight excluding hydrogens is 516 g/mol. The third kappa shape index (κ3) is 4.45. The highest BCUT2D eigenvalue weighted by molar-refractivity contribution is 6.04. The van der Waals surface area contributed by atoms with E-state index in [1.54, 1.807) is 7.11 Å². The molecule has 4 aromatic rings. The molecule has 3 aromatic carbocycles. The summed E-state index contributed by atoms with van der Waals surface area (Å²) in [7, 11) is 4.23. The topological polar surface area (TPSA) is 75.0 Å². The second kappa shape index (κ2) is 10.6. The predicted molar refractivity (Wildman–Crippen MR) is 156 cm³/mol. The van der Waals surface area contributed by atoms with E-state index >= 15 is 0 Å². The van der Waals surface area contributed by atoms with Crippen molar-refractivity contribution >= 4 is 23.1 Å². The summed E-state index contributed by atoms with van der Waals surface area (Å²) in [5, 5.41) is 0. The van der Waals surface area contributed by atoms with Crippen molar-refractivity contribution in [1.82, 2.24) is 0 Å². The van der Waals surface area contributed by atoms with Crippen LogP contribution in [-0.2, 0) is 25.5 Å². The SMILES string of the molecule is COC(=O)C1(C(=O)OC)CC2=CC(c3ccc(OC)cc3)=CC(c3ccccc3)c3c(-c4ccccc4)oc(c32)C1. The van der Waals surface area contributed by atoms with Gasteiger partial charge in [-0.25, -0.2) is 0 Å². The number of carbonyl (C=O) groups is 2. The van der Waals surface area contributed by atoms with Gasteiger partial charge < -0.3 is 18.6 Å². The van der Waals surface area contributed by atoms with Gasteiger partial charge in [-0.1, -0.05) is 84.9 Å². The zero-order valence-corrected chi connectivity index (χ0v) is 23.2. The van der Waals surface area contributed by atoms with Crippen molar-refractivity contribution in [2.24, 2.45) is 5.41 Å². The lowest BCUT2D eigenvalue weighted by Gasteiger charge is -2.32. The van der Waals surface area contributed by atoms with Gasteiger partial charge in [-0.2, -0.15) is 0 Å². The van der Waals surface area contributed by atoms with E-state index in [-0.39, 0.29) is 18.8 Å². The van der Waals surface area contributed by atoms with Crippen LogP contribution < -0.4 is 4.74 Å². The molecular formula is C35H30O6. The van der Waals surface area contributed by atoms with Gasteiger partial charge in [-0.05, 0) is 34.4 Å². The van der Waals surface area contributed by atoms with E-state index in [0.29, 0.717) is 11.5 Å². The Labute approximate surface area is 238 Å². The predicted octanol–water partition coefficient (Wildman–Crippen LogP) is 6.85. The van der Waals surface area contributed by atoms with Crippen molar-refractivity contribution < 1.29 is 28.2 Å². The summed E-state index contributed by atoms with van der Waals surface area (Å²) in [6.07, 6.45) is 4.46. The van der Waals surface area contributed by atoms with Crippen LogP contribution in [0.5, 0.6) is 5.75 Å². The summed E-state index contributed by atoms with van der Waals surface area (Å²) < 4.78 is 22.4. The molecule has 0 radical (unpaired) electrons. The molecule has 0 aliphatic heterocycles. The first-order valence-corrected chi connectivity index (χ1v) is 13.5. The molecule has 206 valence electrons. The second-order valence-corrected chi connectivity index (χ2v) is 10.3. The summed E-state index contributed by atoms with van der Waals surface area (Å²) in [6.45, 7) is 0. The Balaban J connectivity index is 1.66. The molecule has 0 fully saturated rings. The van der Waals surface area contributed by atoms with Crippen LogP contribution in [0, 0.1) is 5.41 Å². The molecule has 2 aliphatic rings. The minimum atomic E-state index is -1.57. The van der Waals surface area contributed by atoms with Gasteiger partial charge in [0.1, 0.15) is 17.3 Å². The summed E-state index contributed by atoms with van der Waals surface area (Å²) in [6, 6.07) is 28.1. The Morgan fingerprint density at radius 3 is 2.02 bits per heavy atom. The monoisotopic (exact) mass is 546 g/mol. The summed E-state index contributed by atoms with van der Waals surface area (Å²) >= 11 is 0. The lowest BCUT2D eigenvalue weighted by molar-refractivity contribution is -0.169. The molecule has 0 saturated carbocycles.